The molecule has 0 N–H and O–H groups in total. The molecule has 74 valence electrons. The fourth-order valence-electron chi connectivity index (χ4n) is 1.16. The summed E-state index contributed by atoms with van der Waals surface area (Å²) in [5, 5.41) is 2.38. The van der Waals surface area contributed by atoms with Gasteiger partial charge in [0.2, 0.25) is 0 Å². The fraction of sp³-hybridized carbons (Fsp3) is 0.364. The first-order chi connectivity index (χ1) is 6.77. The Bertz CT molecular complexity index is 328. The molecular formula is C11H13NOS. The van der Waals surface area contributed by atoms with Crippen molar-refractivity contribution in [2.75, 3.05) is 6.61 Å². The van der Waals surface area contributed by atoms with E-state index in [1.165, 1.54) is 0 Å². The van der Waals surface area contributed by atoms with Crippen LogP contribution in [0, 0.1) is 0 Å². The van der Waals surface area contributed by atoms with Gasteiger partial charge in [-0.2, -0.15) is 0 Å². The molecule has 0 unspecified atom stereocenters. The average molecular weight is 207 g/mol. The van der Waals surface area contributed by atoms with Crippen LogP contribution in [0.4, 0.5) is 0 Å². The smallest absolute Gasteiger partial charge is 0.119 e. The van der Waals surface area contributed by atoms with Crippen molar-refractivity contribution in [3.8, 4) is 5.75 Å². The summed E-state index contributed by atoms with van der Waals surface area (Å²) in [5.41, 5.74) is 1.12. The maximum Gasteiger partial charge on any atom is 0.119 e. The van der Waals surface area contributed by atoms with Gasteiger partial charge in [0, 0.05) is 0 Å². The van der Waals surface area contributed by atoms with Gasteiger partial charge in [-0.05, 0) is 43.8 Å². The van der Waals surface area contributed by atoms with Gasteiger partial charge in [0.15, 0.2) is 0 Å². The van der Waals surface area contributed by atoms with Gasteiger partial charge in [-0.25, -0.2) is 4.99 Å². The van der Waals surface area contributed by atoms with Crippen molar-refractivity contribution in [1.29, 1.82) is 0 Å². The number of ether oxygens (including phenoxy) is 1. The van der Waals surface area contributed by atoms with Crippen LogP contribution in [0.15, 0.2) is 29.3 Å². The highest BCUT2D eigenvalue weighted by Gasteiger charge is 2.01. The first kappa shape index (κ1) is 10.9. The summed E-state index contributed by atoms with van der Waals surface area (Å²) in [6.07, 6.45) is 0. The minimum atomic E-state index is 0.0724. The van der Waals surface area contributed by atoms with Gasteiger partial charge in [0.1, 0.15) is 5.75 Å². The molecule has 0 heterocycles. The number of thiocarbonyl (C=S) groups is 1. The number of hydrogen-bond acceptors (Lipinski definition) is 3. The Morgan fingerprint density at radius 1 is 1.43 bits per heavy atom. The topological polar surface area (TPSA) is 21.6 Å². The van der Waals surface area contributed by atoms with E-state index in [-0.39, 0.29) is 6.04 Å². The third-order valence-corrected chi connectivity index (χ3v) is 2.03. The van der Waals surface area contributed by atoms with E-state index in [0.717, 1.165) is 11.3 Å². The van der Waals surface area contributed by atoms with Crippen LogP contribution < -0.4 is 4.74 Å². The predicted molar refractivity (Wildman–Crippen MR) is 61.1 cm³/mol. The molecule has 3 heteroatoms. The highest BCUT2D eigenvalue weighted by atomic mass is 32.1. The zero-order valence-electron chi connectivity index (χ0n) is 8.36. The van der Waals surface area contributed by atoms with E-state index in [1.54, 1.807) is 0 Å². The van der Waals surface area contributed by atoms with Gasteiger partial charge in [0.25, 0.3) is 0 Å². The van der Waals surface area contributed by atoms with Crippen LogP contribution in [-0.2, 0) is 0 Å². The summed E-state index contributed by atoms with van der Waals surface area (Å²) in [7, 11) is 0. The molecule has 2 nitrogen and oxygen atoms in total. The third-order valence-electron chi connectivity index (χ3n) is 1.92. The Morgan fingerprint density at radius 3 is 2.57 bits per heavy atom. The van der Waals surface area contributed by atoms with E-state index in [2.05, 4.69) is 22.4 Å². The average Bonchev–Trinajstić information content (AvgIpc) is 2.20. The van der Waals surface area contributed by atoms with Gasteiger partial charge < -0.3 is 4.74 Å². The van der Waals surface area contributed by atoms with Crippen LogP contribution in [0.3, 0.4) is 0 Å². The molecular weight excluding hydrogens is 194 g/mol. The number of isothiocyanates is 1. The second-order valence-corrected chi connectivity index (χ2v) is 3.08. The summed E-state index contributed by atoms with van der Waals surface area (Å²) >= 11 is 4.55. The molecule has 0 bridgehead atoms. The number of nitrogens with zero attached hydrogens (tertiary/aromatic N) is 1. The van der Waals surface area contributed by atoms with Crippen molar-refractivity contribution in [3.63, 3.8) is 0 Å². The highest BCUT2D eigenvalue weighted by Crippen LogP contribution is 2.19. The van der Waals surface area contributed by atoms with E-state index in [1.807, 2.05) is 38.1 Å². The van der Waals surface area contributed by atoms with Crippen molar-refractivity contribution >= 4 is 17.4 Å². The molecule has 0 amide bonds. The number of benzene rings is 1. The largest absolute Gasteiger partial charge is 0.494 e. The molecule has 0 saturated carbocycles. The Morgan fingerprint density at radius 2 is 2.07 bits per heavy atom. The zero-order chi connectivity index (χ0) is 10.4. The highest BCUT2D eigenvalue weighted by molar-refractivity contribution is 7.78. The SMILES string of the molecule is CCOc1ccc([C@H](C)N=C=S)cc1. The molecule has 0 radical (unpaired) electrons. The first-order valence-electron chi connectivity index (χ1n) is 4.57. The first-order valence-corrected chi connectivity index (χ1v) is 4.98. The van der Waals surface area contributed by atoms with Gasteiger partial charge >= 0.3 is 0 Å². The van der Waals surface area contributed by atoms with Gasteiger partial charge in [-0.1, -0.05) is 12.1 Å². The zero-order valence-corrected chi connectivity index (χ0v) is 9.17. The monoisotopic (exact) mass is 207 g/mol. The Hall–Kier alpha value is -1.18. The van der Waals surface area contributed by atoms with Crippen LogP contribution in [0.2, 0.25) is 0 Å². The van der Waals surface area contributed by atoms with Crippen molar-refractivity contribution in [2.45, 2.75) is 19.9 Å². The fourth-order valence-corrected chi connectivity index (χ4v) is 1.32. The lowest BCUT2D eigenvalue weighted by Gasteiger charge is -2.06. The molecule has 0 aliphatic heterocycles. The number of rotatable bonds is 4. The molecule has 1 rings (SSSR count). The van der Waals surface area contributed by atoms with E-state index >= 15 is 0 Å². The Kier molecular flexibility index (Phi) is 4.30. The third kappa shape index (κ3) is 2.95. The van der Waals surface area contributed by atoms with Crippen LogP contribution >= 0.6 is 12.2 Å². The molecule has 0 aliphatic rings. The lowest BCUT2D eigenvalue weighted by atomic mass is 10.1. The summed E-state index contributed by atoms with van der Waals surface area (Å²) < 4.78 is 5.33. The Labute approximate surface area is 89.6 Å². The lowest BCUT2D eigenvalue weighted by molar-refractivity contribution is 0.340. The van der Waals surface area contributed by atoms with E-state index in [9.17, 15) is 0 Å². The van der Waals surface area contributed by atoms with E-state index < -0.39 is 0 Å². The molecule has 0 aliphatic carbocycles. The van der Waals surface area contributed by atoms with Crippen molar-refractivity contribution in [1.82, 2.24) is 0 Å². The van der Waals surface area contributed by atoms with E-state index in [0.29, 0.717) is 6.61 Å². The Balaban J connectivity index is 2.77. The summed E-state index contributed by atoms with van der Waals surface area (Å²) in [6.45, 7) is 4.63. The molecule has 1 aromatic rings. The van der Waals surface area contributed by atoms with Gasteiger partial charge in [0.05, 0.1) is 17.8 Å². The second-order valence-electron chi connectivity index (χ2n) is 2.90. The normalized spacial score (nSPS) is 11.6. The predicted octanol–water partition coefficient (Wildman–Crippen LogP) is 3.25. The maximum atomic E-state index is 5.33. The minimum Gasteiger partial charge on any atom is -0.494 e. The molecule has 0 fully saturated rings. The molecule has 0 saturated heterocycles. The van der Waals surface area contributed by atoms with Crippen LogP contribution in [-0.4, -0.2) is 11.8 Å². The van der Waals surface area contributed by atoms with Crippen LogP contribution in [0.25, 0.3) is 0 Å². The minimum absolute atomic E-state index is 0.0724. The summed E-state index contributed by atoms with van der Waals surface area (Å²) in [6, 6.07) is 7.93. The number of hydrogen-bond donors (Lipinski definition) is 0. The molecule has 14 heavy (non-hydrogen) atoms. The molecule has 1 atom stereocenters. The lowest BCUT2D eigenvalue weighted by Crippen LogP contribution is -1.93. The second kappa shape index (κ2) is 5.53. The quantitative estimate of drug-likeness (QED) is 0.558. The van der Waals surface area contributed by atoms with Crippen LogP contribution in [0.1, 0.15) is 25.5 Å². The van der Waals surface area contributed by atoms with E-state index in [4.69, 9.17) is 4.74 Å². The molecule has 1 aromatic carbocycles. The molecule has 0 spiro atoms. The number of aliphatic imine (C=N–C) groups is 1. The van der Waals surface area contributed by atoms with Crippen molar-refractivity contribution in [2.24, 2.45) is 4.99 Å². The van der Waals surface area contributed by atoms with Crippen LogP contribution in [0.5, 0.6) is 5.75 Å². The van der Waals surface area contributed by atoms with Gasteiger partial charge in [-0.3, -0.25) is 0 Å². The standard InChI is InChI=1S/C11H13NOS/c1-3-13-11-6-4-10(5-7-11)9(2)12-8-14/h4-7,9H,3H2,1-2H3/t9-/m0/s1. The van der Waals surface area contributed by atoms with Crippen molar-refractivity contribution < 1.29 is 4.74 Å². The summed E-state index contributed by atoms with van der Waals surface area (Å²) in [4.78, 5) is 3.99. The summed E-state index contributed by atoms with van der Waals surface area (Å²) in [5.74, 6) is 0.884. The van der Waals surface area contributed by atoms with Gasteiger partial charge in [-0.15, -0.1) is 0 Å². The molecule has 0 aromatic heterocycles. The maximum absolute atomic E-state index is 5.33. The van der Waals surface area contributed by atoms with Crippen molar-refractivity contribution in [3.05, 3.63) is 29.8 Å².